The van der Waals surface area contributed by atoms with Crippen LogP contribution in [0.3, 0.4) is 0 Å². The van der Waals surface area contributed by atoms with Crippen LogP contribution >= 0.6 is 0 Å². The predicted molar refractivity (Wildman–Crippen MR) is 61.3 cm³/mol. The van der Waals surface area contributed by atoms with Crippen LogP contribution in [-0.4, -0.2) is 31.4 Å². The summed E-state index contributed by atoms with van der Waals surface area (Å²) < 4.78 is 5.47. The number of aliphatic hydroxyl groups is 1. The van der Waals surface area contributed by atoms with Crippen molar-refractivity contribution in [1.82, 2.24) is 0 Å². The van der Waals surface area contributed by atoms with Gasteiger partial charge in [-0.15, -0.1) is 0 Å². The largest absolute Gasteiger partial charge is 0.489 e. The molecule has 0 fully saturated rings. The van der Waals surface area contributed by atoms with E-state index in [0.717, 1.165) is 17.0 Å². The molecule has 4 nitrogen and oxygen atoms in total. The van der Waals surface area contributed by atoms with Crippen molar-refractivity contribution in [2.45, 2.75) is 13.0 Å². The van der Waals surface area contributed by atoms with Crippen LogP contribution in [-0.2, 0) is 0 Å². The van der Waals surface area contributed by atoms with E-state index in [-0.39, 0.29) is 13.2 Å². The topological polar surface area (TPSA) is 67.5 Å². The first kappa shape index (κ1) is 11.8. The molecule has 0 bridgehead atoms. The van der Waals surface area contributed by atoms with Crippen LogP contribution in [0.5, 0.6) is 5.75 Å². The van der Waals surface area contributed by atoms with Gasteiger partial charge in [0.2, 0.25) is 0 Å². The van der Waals surface area contributed by atoms with Crippen molar-refractivity contribution in [2.75, 3.05) is 25.5 Å². The van der Waals surface area contributed by atoms with E-state index in [9.17, 15) is 5.11 Å². The van der Waals surface area contributed by atoms with Crippen molar-refractivity contribution >= 4 is 5.69 Å². The van der Waals surface area contributed by atoms with Crippen LogP contribution in [0.2, 0.25) is 0 Å². The third kappa shape index (κ3) is 3.11. The molecule has 0 saturated carbocycles. The molecule has 84 valence electrons. The van der Waals surface area contributed by atoms with Gasteiger partial charge in [0.1, 0.15) is 18.5 Å². The van der Waals surface area contributed by atoms with Gasteiger partial charge < -0.3 is 20.9 Å². The Labute approximate surface area is 90.1 Å². The fourth-order valence-corrected chi connectivity index (χ4v) is 1.34. The minimum Gasteiger partial charge on any atom is -0.489 e. The molecule has 15 heavy (non-hydrogen) atoms. The lowest BCUT2D eigenvalue weighted by Crippen LogP contribution is -2.26. The van der Waals surface area contributed by atoms with Gasteiger partial charge in [0.05, 0.1) is 5.69 Å². The van der Waals surface area contributed by atoms with Crippen molar-refractivity contribution in [3.63, 3.8) is 0 Å². The monoisotopic (exact) mass is 210 g/mol. The fourth-order valence-electron chi connectivity index (χ4n) is 1.34. The highest BCUT2D eigenvalue weighted by molar-refractivity contribution is 5.61. The number of nitrogens with two attached hydrogens (primary N) is 1. The Kier molecular flexibility index (Phi) is 4.39. The average molecular weight is 210 g/mol. The highest BCUT2D eigenvalue weighted by Crippen LogP contribution is 2.27. The molecule has 0 spiro atoms. The zero-order valence-electron chi connectivity index (χ0n) is 9.16. The number of aliphatic hydroxyl groups excluding tert-OH is 1. The Morgan fingerprint density at radius 1 is 1.53 bits per heavy atom. The summed E-state index contributed by atoms with van der Waals surface area (Å²) in [6.45, 7) is 2.42. The van der Waals surface area contributed by atoms with Crippen LogP contribution in [0.1, 0.15) is 5.56 Å². The molecule has 0 radical (unpaired) electrons. The average Bonchev–Trinajstić information content (AvgIpc) is 2.25. The van der Waals surface area contributed by atoms with Gasteiger partial charge in [0.15, 0.2) is 0 Å². The summed E-state index contributed by atoms with van der Waals surface area (Å²) in [6, 6.07) is 5.78. The molecule has 0 aliphatic carbocycles. The molecule has 1 atom stereocenters. The second-order valence-corrected chi connectivity index (χ2v) is 3.40. The maximum atomic E-state index is 9.28. The zero-order chi connectivity index (χ0) is 11.3. The smallest absolute Gasteiger partial charge is 0.142 e. The van der Waals surface area contributed by atoms with E-state index < -0.39 is 6.10 Å². The van der Waals surface area contributed by atoms with Crippen molar-refractivity contribution in [3.8, 4) is 5.75 Å². The van der Waals surface area contributed by atoms with Gasteiger partial charge >= 0.3 is 0 Å². The molecule has 0 aliphatic rings. The Morgan fingerprint density at radius 3 is 2.87 bits per heavy atom. The second kappa shape index (κ2) is 5.58. The Hall–Kier alpha value is -1.26. The van der Waals surface area contributed by atoms with Crippen LogP contribution in [0, 0.1) is 6.92 Å². The summed E-state index contributed by atoms with van der Waals surface area (Å²) in [5, 5.41) is 12.3. The number of rotatable bonds is 5. The fraction of sp³-hybridized carbons (Fsp3) is 0.455. The van der Waals surface area contributed by atoms with Gasteiger partial charge in [0.25, 0.3) is 0 Å². The van der Waals surface area contributed by atoms with Crippen molar-refractivity contribution < 1.29 is 9.84 Å². The number of hydrogen-bond donors (Lipinski definition) is 3. The number of anilines is 1. The molecule has 0 amide bonds. The lowest BCUT2D eigenvalue weighted by atomic mass is 10.2. The first-order valence-electron chi connectivity index (χ1n) is 4.97. The number of para-hydroxylation sites is 1. The number of benzene rings is 1. The number of nitrogens with one attached hydrogen (secondary N) is 1. The van der Waals surface area contributed by atoms with Gasteiger partial charge in [-0.2, -0.15) is 0 Å². The van der Waals surface area contributed by atoms with Gasteiger partial charge in [-0.1, -0.05) is 12.1 Å². The van der Waals surface area contributed by atoms with E-state index in [1.807, 2.05) is 32.2 Å². The molecular formula is C11H18N2O2. The van der Waals surface area contributed by atoms with E-state index in [1.165, 1.54) is 0 Å². The molecule has 1 rings (SSSR count). The molecule has 1 aromatic rings. The summed E-state index contributed by atoms with van der Waals surface area (Å²) in [6.07, 6.45) is -0.616. The first-order chi connectivity index (χ1) is 7.19. The van der Waals surface area contributed by atoms with Gasteiger partial charge in [-0.05, 0) is 18.6 Å². The lowest BCUT2D eigenvalue weighted by molar-refractivity contribution is 0.114. The van der Waals surface area contributed by atoms with Crippen LogP contribution < -0.4 is 15.8 Å². The Bertz CT molecular complexity index is 315. The minimum absolute atomic E-state index is 0.209. The second-order valence-electron chi connectivity index (χ2n) is 3.40. The quantitative estimate of drug-likeness (QED) is 0.670. The Morgan fingerprint density at radius 2 is 2.27 bits per heavy atom. The third-order valence-corrected chi connectivity index (χ3v) is 2.19. The van der Waals surface area contributed by atoms with E-state index >= 15 is 0 Å². The Balaban J connectivity index is 2.72. The molecule has 4 heteroatoms. The molecule has 1 aromatic carbocycles. The maximum absolute atomic E-state index is 9.28. The molecule has 1 unspecified atom stereocenters. The number of ether oxygens (including phenoxy) is 1. The van der Waals surface area contributed by atoms with E-state index in [4.69, 9.17) is 10.5 Å². The first-order valence-corrected chi connectivity index (χ1v) is 4.97. The van der Waals surface area contributed by atoms with Crippen LogP contribution in [0.4, 0.5) is 5.69 Å². The van der Waals surface area contributed by atoms with Crippen molar-refractivity contribution in [3.05, 3.63) is 23.8 Å². The molecule has 0 saturated heterocycles. The van der Waals surface area contributed by atoms with Crippen LogP contribution in [0.25, 0.3) is 0 Å². The highest BCUT2D eigenvalue weighted by atomic mass is 16.5. The van der Waals surface area contributed by atoms with Crippen molar-refractivity contribution in [2.24, 2.45) is 5.73 Å². The standard InChI is InChI=1S/C11H18N2O2/c1-8-4-3-5-10(11(8)13-2)15-7-9(14)6-12/h3-5,9,13-14H,6-7,12H2,1-2H3. The summed E-state index contributed by atoms with van der Waals surface area (Å²) in [5.74, 6) is 0.741. The van der Waals surface area contributed by atoms with E-state index in [1.54, 1.807) is 0 Å². The lowest BCUT2D eigenvalue weighted by Gasteiger charge is -2.15. The number of hydrogen-bond acceptors (Lipinski definition) is 4. The zero-order valence-corrected chi connectivity index (χ0v) is 9.16. The van der Waals surface area contributed by atoms with Crippen molar-refractivity contribution in [1.29, 1.82) is 0 Å². The van der Waals surface area contributed by atoms with E-state index in [0.29, 0.717) is 0 Å². The molecule has 4 N–H and O–H groups in total. The third-order valence-electron chi connectivity index (χ3n) is 2.19. The van der Waals surface area contributed by atoms with Gasteiger partial charge in [-0.25, -0.2) is 0 Å². The number of aryl methyl sites for hydroxylation is 1. The normalized spacial score (nSPS) is 12.3. The minimum atomic E-state index is -0.616. The molecule has 0 heterocycles. The summed E-state index contributed by atoms with van der Waals surface area (Å²) >= 11 is 0. The highest BCUT2D eigenvalue weighted by Gasteiger charge is 2.07. The summed E-state index contributed by atoms with van der Waals surface area (Å²) in [5.41, 5.74) is 7.35. The molecular weight excluding hydrogens is 192 g/mol. The van der Waals surface area contributed by atoms with Gasteiger partial charge in [-0.3, -0.25) is 0 Å². The van der Waals surface area contributed by atoms with Crippen LogP contribution in [0.15, 0.2) is 18.2 Å². The summed E-state index contributed by atoms with van der Waals surface area (Å²) in [7, 11) is 1.84. The SMILES string of the molecule is CNc1c(C)cccc1OCC(O)CN. The maximum Gasteiger partial charge on any atom is 0.142 e. The summed E-state index contributed by atoms with van der Waals surface area (Å²) in [4.78, 5) is 0. The van der Waals surface area contributed by atoms with E-state index in [2.05, 4.69) is 5.32 Å². The molecule has 0 aliphatic heterocycles. The molecule has 0 aromatic heterocycles. The predicted octanol–water partition coefficient (Wildman–Crippen LogP) is 0.735. The van der Waals surface area contributed by atoms with Gasteiger partial charge in [0, 0.05) is 13.6 Å².